The molecule has 1 aromatic carbocycles. The first-order chi connectivity index (χ1) is 9.40. The van der Waals surface area contributed by atoms with Crippen LogP contribution in [0, 0.1) is 0 Å². The van der Waals surface area contributed by atoms with Gasteiger partial charge in [0.25, 0.3) is 0 Å². The molecule has 2 saturated carbocycles. The lowest BCUT2D eigenvalue weighted by Crippen LogP contribution is -2.44. The van der Waals surface area contributed by atoms with Gasteiger partial charge in [0.1, 0.15) is 5.75 Å². The number of fused-ring (bicyclic) bond motifs is 1. The van der Waals surface area contributed by atoms with Gasteiger partial charge in [-0.25, -0.2) is 5.01 Å². The normalized spacial score (nSPS) is 26.1. The van der Waals surface area contributed by atoms with Gasteiger partial charge in [0.05, 0.1) is 6.61 Å². The predicted molar refractivity (Wildman–Crippen MR) is 75.2 cm³/mol. The number of benzene rings is 1. The quantitative estimate of drug-likeness (QED) is 0.822. The largest absolute Gasteiger partial charge is 0.493 e. The van der Waals surface area contributed by atoms with Gasteiger partial charge in [-0.1, -0.05) is 18.2 Å². The van der Waals surface area contributed by atoms with Crippen molar-refractivity contribution in [3.05, 3.63) is 29.8 Å². The Kier molecular flexibility index (Phi) is 2.97. The lowest BCUT2D eigenvalue weighted by Gasteiger charge is -2.32. The Labute approximate surface area is 114 Å². The fraction of sp³-hybridized carbons (Fsp3) is 0.625. The van der Waals surface area contributed by atoms with Gasteiger partial charge in [-0.2, -0.15) is 0 Å². The summed E-state index contributed by atoms with van der Waals surface area (Å²) in [7, 11) is 0. The van der Waals surface area contributed by atoms with Crippen LogP contribution in [0.3, 0.4) is 0 Å². The molecule has 3 aliphatic rings. The third-order valence-corrected chi connectivity index (χ3v) is 4.41. The third kappa shape index (κ3) is 2.63. The van der Waals surface area contributed by atoms with Crippen molar-refractivity contribution in [1.82, 2.24) is 10.4 Å². The van der Waals surface area contributed by atoms with Gasteiger partial charge in [0, 0.05) is 24.5 Å². The van der Waals surface area contributed by atoms with E-state index in [1.807, 2.05) is 0 Å². The highest BCUT2D eigenvalue weighted by Crippen LogP contribution is 2.36. The second-order valence-electron chi connectivity index (χ2n) is 6.16. The molecule has 0 amide bonds. The minimum atomic E-state index is 0.622. The van der Waals surface area contributed by atoms with E-state index < -0.39 is 0 Å². The molecule has 1 heterocycles. The number of nitrogens with one attached hydrogen (secondary N) is 1. The van der Waals surface area contributed by atoms with Crippen LogP contribution >= 0.6 is 0 Å². The summed E-state index contributed by atoms with van der Waals surface area (Å²) in [4.78, 5) is 0. The molecule has 0 saturated heterocycles. The highest BCUT2D eigenvalue weighted by molar-refractivity contribution is 5.38. The number of para-hydroxylation sites is 1. The Balaban J connectivity index is 1.49. The van der Waals surface area contributed by atoms with E-state index in [0.29, 0.717) is 5.92 Å². The lowest BCUT2D eigenvalue weighted by molar-refractivity contribution is 0.144. The first-order valence-electron chi connectivity index (χ1n) is 7.65. The predicted octanol–water partition coefficient (Wildman–Crippen LogP) is 2.68. The minimum absolute atomic E-state index is 0.622. The number of ether oxygens (including phenoxy) is 1. The van der Waals surface area contributed by atoms with E-state index in [2.05, 4.69) is 34.7 Å². The molecule has 19 heavy (non-hydrogen) atoms. The van der Waals surface area contributed by atoms with E-state index in [9.17, 15) is 0 Å². The molecule has 1 atom stereocenters. The van der Waals surface area contributed by atoms with Crippen molar-refractivity contribution in [2.24, 2.45) is 0 Å². The van der Waals surface area contributed by atoms with Crippen LogP contribution in [0.5, 0.6) is 5.75 Å². The molecule has 0 spiro atoms. The number of hydrogen-bond donors (Lipinski definition) is 1. The highest BCUT2D eigenvalue weighted by atomic mass is 16.5. The second kappa shape index (κ2) is 4.80. The molecule has 1 N–H and O–H groups in total. The summed E-state index contributed by atoms with van der Waals surface area (Å²) in [6, 6.07) is 10.1. The number of hydrazine groups is 1. The van der Waals surface area contributed by atoms with Crippen LogP contribution in [0.1, 0.15) is 43.6 Å². The monoisotopic (exact) mass is 258 g/mol. The maximum absolute atomic E-state index is 5.77. The summed E-state index contributed by atoms with van der Waals surface area (Å²) in [5.41, 5.74) is 5.12. The molecule has 0 aromatic heterocycles. The van der Waals surface area contributed by atoms with Crippen molar-refractivity contribution in [1.29, 1.82) is 0 Å². The standard InChI is InChI=1S/C16H22N2O/c1-2-4-16-15(3-1)12(9-10-19-16)11-18(14-7-8-14)17-13-5-6-13/h1-4,12-14,17H,5-11H2. The first kappa shape index (κ1) is 11.7. The molecule has 1 aromatic rings. The second-order valence-corrected chi connectivity index (χ2v) is 6.16. The van der Waals surface area contributed by atoms with Crippen LogP contribution in [0.15, 0.2) is 24.3 Å². The van der Waals surface area contributed by atoms with Gasteiger partial charge in [-0.15, -0.1) is 0 Å². The highest BCUT2D eigenvalue weighted by Gasteiger charge is 2.35. The SMILES string of the molecule is c1ccc2c(c1)OCCC2CN(NC1CC1)C1CC1. The molecule has 0 bridgehead atoms. The molecule has 4 rings (SSSR count). The van der Waals surface area contributed by atoms with Crippen molar-refractivity contribution >= 4 is 0 Å². The van der Waals surface area contributed by atoms with Crippen LogP contribution in [0.4, 0.5) is 0 Å². The van der Waals surface area contributed by atoms with Gasteiger partial charge >= 0.3 is 0 Å². The first-order valence-corrected chi connectivity index (χ1v) is 7.65. The average molecular weight is 258 g/mol. The summed E-state index contributed by atoms with van der Waals surface area (Å²) in [6.07, 6.45) is 6.59. The Morgan fingerprint density at radius 1 is 1.11 bits per heavy atom. The fourth-order valence-electron chi connectivity index (χ4n) is 2.98. The molecule has 2 fully saturated rings. The Hall–Kier alpha value is -1.06. The average Bonchev–Trinajstić information content (AvgIpc) is 3.31. The number of nitrogens with zero attached hydrogens (tertiary/aromatic N) is 1. The molecule has 3 nitrogen and oxygen atoms in total. The molecule has 1 aliphatic heterocycles. The zero-order valence-corrected chi connectivity index (χ0v) is 11.3. The Morgan fingerprint density at radius 3 is 2.74 bits per heavy atom. The zero-order chi connectivity index (χ0) is 12.7. The van der Waals surface area contributed by atoms with Crippen LogP contribution in [0.25, 0.3) is 0 Å². The van der Waals surface area contributed by atoms with Crippen molar-refractivity contribution in [3.63, 3.8) is 0 Å². The molecule has 2 aliphatic carbocycles. The minimum Gasteiger partial charge on any atom is -0.493 e. The maximum atomic E-state index is 5.77. The molecule has 102 valence electrons. The Morgan fingerprint density at radius 2 is 1.95 bits per heavy atom. The van der Waals surface area contributed by atoms with E-state index in [1.165, 1.54) is 31.2 Å². The summed E-state index contributed by atoms with van der Waals surface area (Å²) < 4.78 is 5.77. The van der Waals surface area contributed by atoms with E-state index in [4.69, 9.17) is 4.74 Å². The smallest absolute Gasteiger partial charge is 0.122 e. The molecule has 1 unspecified atom stereocenters. The van der Waals surface area contributed by atoms with E-state index in [0.717, 1.165) is 37.4 Å². The van der Waals surface area contributed by atoms with Crippen molar-refractivity contribution in [2.75, 3.05) is 13.2 Å². The molecule has 3 heteroatoms. The van der Waals surface area contributed by atoms with Gasteiger partial charge < -0.3 is 4.74 Å². The maximum Gasteiger partial charge on any atom is 0.122 e. The summed E-state index contributed by atoms with van der Waals surface area (Å²) in [6.45, 7) is 2.01. The van der Waals surface area contributed by atoms with E-state index in [-0.39, 0.29) is 0 Å². The number of hydrogen-bond acceptors (Lipinski definition) is 3. The zero-order valence-electron chi connectivity index (χ0n) is 11.3. The molecular weight excluding hydrogens is 236 g/mol. The van der Waals surface area contributed by atoms with Crippen LogP contribution in [-0.4, -0.2) is 30.2 Å². The van der Waals surface area contributed by atoms with Gasteiger partial charge in [-0.05, 0) is 43.7 Å². The number of rotatable bonds is 5. The van der Waals surface area contributed by atoms with Crippen LogP contribution < -0.4 is 10.2 Å². The van der Waals surface area contributed by atoms with Crippen molar-refractivity contribution < 1.29 is 4.74 Å². The fourth-order valence-corrected chi connectivity index (χ4v) is 2.98. The van der Waals surface area contributed by atoms with Gasteiger partial charge in [-0.3, -0.25) is 5.43 Å². The van der Waals surface area contributed by atoms with E-state index >= 15 is 0 Å². The Bertz CT molecular complexity index is 454. The van der Waals surface area contributed by atoms with Gasteiger partial charge in [0.15, 0.2) is 0 Å². The summed E-state index contributed by atoms with van der Waals surface area (Å²) >= 11 is 0. The van der Waals surface area contributed by atoms with Gasteiger partial charge in [0.2, 0.25) is 0 Å². The molecule has 0 radical (unpaired) electrons. The summed E-state index contributed by atoms with van der Waals surface area (Å²) in [5, 5.41) is 2.53. The third-order valence-electron chi connectivity index (χ3n) is 4.41. The van der Waals surface area contributed by atoms with Crippen LogP contribution in [-0.2, 0) is 0 Å². The van der Waals surface area contributed by atoms with Crippen molar-refractivity contribution in [3.8, 4) is 5.75 Å². The van der Waals surface area contributed by atoms with Crippen LogP contribution in [0.2, 0.25) is 0 Å². The van der Waals surface area contributed by atoms with E-state index in [1.54, 1.807) is 0 Å². The lowest BCUT2D eigenvalue weighted by atomic mass is 9.93. The molecular formula is C16H22N2O. The van der Waals surface area contributed by atoms with Crippen molar-refractivity contribution in [2.45, 2.75) is 50.1 Å². The topological polar surface area (TPSA) is 24.5 Å². The summed E-state index contributed by atoms with van der Waals surface area (Å²) in [5.74, 6) is 1.72.